The molecule has 2 aliphatic rings. The van der Waals surface area contributed by atoms with Crippen molar-refractivity contribution in [2.24, 2.45) is 17.8 Å². The molecule has 2 saturated carbocycles. The third kappa shape index (κ3) is 5.90. The molecular formula is C29H42O. The van der Waals surface area contributed by atoms with Crippen molar-refractivity contribution in [3.8, 4) is 0 Å². The lowest BCUT2D eigenvalue weighted by atomic mass is 9.67. The van der Waals surface area contributed by atoms with Crippen LogP contribution in [-0.2, 0) is 0 Å². The van der Waals surface area contributed by atoms with Crippen LogP contribution in [0.25, 0.3) is 5.57 Å². The Morgan fingerprint density at radius 2 is 1.67 bits per heavy atom. The summed E-state index contributed by atoms with van der Waals surface area (Å²) in [6, 6.07) is 6.96. The van der Waals surface area contributed by atoms with E-state index in [1.165, 1.54) is 75.3 Å². The highest BCUT2D eigenvalue weighted by atomic mass is 16.2. The molecule has 3 rings (SSSR count). The maximum absolute atomic E-state index is 9.00. The van der Waals surface area contributed by atoms with Gasteiger partial charge in [0.25, 0.3) is 0 Å². The maximum atomic E-state index is 9.00. The second-order valence-electron chi connectivity index (χ2n) is 9.72. The number of hydrogen-bond acceptors (Lipinski definition) is 1. The lowest BCUT2D eigenvalue weighted by molar-refractivity contribution is 0.156. The third-order valence-corrected chi connectivity index (χ3v) is 7.78. The van der Waals surface area contributed by atoms with Crippen molar-refractivity contribution < 1.29 is 5.11 Å². The first-order valence-electron chi connectivity index (χ1n) is 12.4. The minimum Gasteiger partial charge on any atom is -0.516 e. The molecule has 1 aromatic rings. The summed E-state index contributed by atoms with van der Waals surface area (Å²) in [6.07, 6.45) is 23.3. The van der Waals surface area contributed by atoms with Gasteiger partial charge in [0.15, 0.2) is 0 Å². The molecule has 0 bridgehead atoms. The third-order valence-electron chi connectivity index (χ3n) is 7.78. The zero-order valence-electron chi connectivity index (χ0n) is 19.4. The predicted octanol–water partition coefficient (Wildman–Crippen LogP) is 8.91. The molecule has 2 aliphatic carbocycles. The Kier molecular flexibility index (Phi) is 8.85. The summed E-state index contributed by atoms with van der Waals surface area (Å²) in [6.45, 7) is 6.65. The molecule has 30 heavy (non-hydrogen) atoms. The average Bonchev–Trinajstić information content (AvgIpc) is 2.77. The summed E-state index contributed by atoms with van der Waals surface area (Å²) in [5.41, 5.74) is 5.34. The smallest absolute Gasteiger partial charge is 0.0791 e. The van der Waals surface area contributed by atoms with Gasteiger partial charge in [-0.25, -0.2) is 0 Å². The van der Waals surface area contributed by atoms with Gasteiger partial charge in [-0.1, -0.05) is 69.0 Å². The van der Waals surface area contributed by atoms with Crippen LogP contribution in [0, 0.1) is 24.7 Å². The molecule has 0 amide bonds. The summed E-state index contributed by atoms with van der Waals surface area (Å²) in [5.74, 6) is 3.75. The second kappa shape index (κ2) is 11.6. The topological polar surface area (TPSA) is 20.2 Å². The van der Waals surface area contributed by atoms with Crippen LogP contribution < -0.4 is 0 Å². The monoisotopic (exact) mass is 406 g/mol. The fourth-order valence-electron chi connectivity index (χ4n) is 6.15. The van der Waals surface area contributed by atoms with Crippen molar-refractivity contribution in [1.29, 1.82) is 0 Å². The highest BCUT2D eigenvalue weighted by Gasteiger charge is 2.31. The van der Waals surface area contributed by atoms with Crippen LogP contribution >= 0.6 is 0 Å². The molecule has 0 atom stereocenters. The molecule has 0 unspecified atom stereocenters. The molecule has 1 nitrogen and oxygen atoms in total. The molecule has 0 aromatic heterocycles. The Hall–Kier alpha value is -1.76. The molecule has 1 heteroatoms. The highest BCUT2D eigenvalue weighted by Crippen LogP contribution is 2.45. The minimum atomic E-state index is 0.734. The van der Waals surface area contributed by atoms with Crippen molar-refractivity contribution >= 4 is 5.57 Å². The van der Waals surface area contributed by atoms with Crippen LogP contribution in [0.3, 0.4) is 0 Å². The first-order valence-corrected chi connectivity index (χ1v) is 12.4. The zero-order chi connectivity index (χ0) is 21.3. The van der Waals surface area contributed by atoms with E-state index in [4.69, 9.17) is 5.11 Å². The summed E-state index contributed by atoms with van der Waals surface area (Å²) in [4.78, 5) is 0. The van der Waals surface area contributed by atoms with Gasteiger partial charge in [0.05, 0.1) is 6.26 Å². The summed E-state index contributed by atoms with van der Waals surface area (Å²) < 4.78 is 0. The van der Waals surface area contributed by atoms with Gasteiger partial charge in [0.2, 0.25) is 0 Å². The van der Waals surface area contributed by atoms with Gasteiger partial charge in [-0.2, -0.15) is 0 Å². The average molecular weight is 407 g/mol. The first kappa shape index (κ1) is 22.9. The van der Waals surface area contributed by atoms with E-state index in [2.05, 4.69) is 44.2 Å². The van der Waals surface area contributed by atoms with Crippen LogP contribution in [0.15, 0.2) is 48.8 Å². The SMILES string of the molecule is C\C=C/C(=C\C=C\O)c1ccc(C2CCC(C3CCC(CCC)CC3)CC2)c(C)c1. The Balaban J connectivity index is 1.59. The molecule has 0 spiro atoms. The normalized spacial score (nSPS) is 28.4. The highest BCUT2D eigenvalue weighted by molar-refractivity contribution is 5.75. The van der Waals surface area contributed by atoms with Gasteiger partial charge >= 0.3 is 0 Å². The van der Waals surface area contributed by atoms with Gasteiger partial charge < -0.3 is 5.11 Å². The van der Waals surface area contributed by atoms with E-state index in [0.717, 1.165) is 35.5 Å². The Morgan fingerprint density at radius 1 is 1.00 bits per heavy atom. The standard InChI is InChI=1S/C29H42O/c1-4-7-23-10-12-25(13-11-23)26-14-16-27(17-15-26)29-19-18-28(21-22(29)3)24(8-5-2)9-6-20-30/h5-6,8-9,18-21,23,25-27,30H,4,7,10-17H2,1-3H3/b8-5-,20-6+,24-9+. The molecule has 1 aromatic carbocycles. The van der Waals surface area contributed by atoms with Gasteiger partial charge in [-0.15, -0.1) is 0 Å². The predicted molar refractivity (Wildman–Crippen MR) is 131 cm³/mol. The minimum absolute atomic E-state index is 0.734. The van der Waals surface area contributed by atoms with Crippen molar-refractivity contribution in [1.82, 2.24) is 0 Å². The number of allylic oxidation sites excluding steroid dienone is 5. The fourth-order valence-corrected chi connectivity index (χ4v) is 6.15. The molecule has 0 aliphatic heterocycles. The van der Waals surface area contributed by atoms with Crippen LogP contribution in [0.2, 0.25) is 0 Å². The summed E-state index contributed by atoms with van der Waals surface area (Å²) in [5, 5.41) is 9.00. The van der Waals surface area contributed by atoms with Crippen LogP contribution in [0.4, 0.5) is 0 Å². The Bertz CT molecular complexity index is 738. The van der Waals surface area contributed by atoms with Crippen LogP contribution in [-0.4, -0.2) is 5.11 Å². The van der Waals surface area contributed by atoms with Crippen molar-refractivity contribution in [3.63, 3.8) is 0 Å². The van der Waals surface area contributed by atoms with Gasteiger partial charge in [-0.05, 0) is 104 Å². The van der Waals surface area contributed by atoms with E-state index in [1.54, 1.807) is 11.6 Å². The quantitative estimate of drug-likeness (QED) is 0.354. The van der Waals surface area contributed by atoms with Gasteiger partial charge in [0.1, 0.15) is 0 Å². The van der Waals surface area contributed by atoms with E-state index in [1.807, 2.05) is 13.0 Å². The Labute approximate surface area is 185 Å². The maximum Gasteiger partial charge on any atom is 0.0791 e. The number of aliphatic hydroxyl groups is 1. The molecule has 0 heterocycles. The molecule has 0 radical (unpaired) electrons. The molecule has 1 N–H and O–H groups in total. The molecule has 0 saturated heterocycles. The lowest BCUT2D eigenvalue weighted by Crippen LogP contribution is -2.25. The number of rotatable bonds is 7. The fraction of sp³-hybridized carbons (Fsp3) is 0.586. The second-order valence-corrected chi connectivity index (χ2v) is 9.72. The van der Waals surface area contributed by atoms with Gasteiger partial charge in [0, 0.05) is 0 Å². The van der Waals surface area contributed by atoms with Crippen molar-refractivity contribution in [3.05, 3.63) is 65.5 Å². The Morgan fingerprint density at radius 3 is 2.23 bits per heavy atom. The molecular weight excluding hydrogens is 364 g/mol. The van der Waals surface area contributed by atoms with Crippen LogP contribution in [0.5, 0.6) is 0 Å². The van der Waals surface area contributed by atoms with Gasteiger partial charge in [-0.3, -0.25) is 0 Å². The van der Waals surface area contributed by atoms with E-state index in [-0.39, 0.29) is 0 Å². The van der Waals surface area contributed by atoms with Crippen LogP contribution in [0.1, 0.15) is 101 Å². The largest absolute Gasteiger partial charge is 0.516 e. The lowest BCUT2D eigenvalue weighted by Gasteiger charge is -2.38. The van der Waals surface area contributed by atoms with Crippen molar-refractivity contribution in [2.75, 3.05) is 0 Å². The first-order chi connectivity index (χ1) is 14.7. The zero-order valence-corrected chi connectivity index (χ0v) is 19.4. The number of hydrogen-bond donors (Lipinski definition) is 1. The van der Waals surface area contributed by atoms with E-state index in [0.29, 0.717) is 0 Å². The molecule has 2 fully saturated rings. The van der Waals surface area contributed by atoms with Crippen molar-refractivity contribution in [2.45, 2.75) is 90.9 Å². The molecule has 164 valence electrons. The van der Waals surface area contributed by atoms with E-state index >= 15 is 0 Å². The number of aryl methyl sites for hydroxylation is 1. The van der Waals surface area contributed by atoms with E-state index in [9.17, 15) is 0 Å². The van der Waals surface area contributed by atoms with E-state index < -0.39 is 0 Å². The number of benzene rings is 1. The summed E-state index contributed by atoms with van der Waals surface area (Å²) >= 11 is 0. The number of aliphatic hydroxyl groups excluding tert-OH is 1. The summed E-state index contributed by atoms with van der Waals surface area (Å²) in [7, 11) is 0.